The molecule has 1 saturated carbocycles. The molecular weight excluding hydrogens is 358 g/mol. The van der Waals surface area contributed by atoms with Crippen LogP contribution in [-0.2, 0) is 0 Å². The molecule has 0 bridgehead atoms. The van der Waals surface area contributed by atoms with Gasteiger partial charge in [-0.3, -0.25) is 4.90 Å². The van der Waals surface area contributed by atoms with E-state index in [2.05, 4.69) is 27.0 Å². The molecule has 2 fully saturated rings. The number of rotatable bonds is 4. The van der Waals surface area contributed by atoms with E-state index in [0.29, 0.717) is 5.69 Å². The van der Waals surface area contributed by atoms with Crippen molar-refractivity contribution in [1.29, 1.82) is 0 Å². The van der Waals surface area contributed by atoms with Crippen molar-refractivity contribution in [2.75, 3.05) is 31.1 Å². The number of benzene rings is 2. The molecule has 0 unspecified atom stereocenters. The maximum Gasteiger partial charge on any atom is 0.135 e. The SMILES string of the molecule is Fc1cccc(F)c1-c1ccnn1-c1ccc(N2CCN(C3CC3)CC2)cc1. The smallest absolute Gasteiger partial charge is 0.135 e. The summed E-state index contributed by atoms with van der Waals surface area (Å²) in [5, 5.41) is 4.29. The van der Waals surface area contributed by atoms with Gasteiger partial charge in [-0.05, 0) is 55.3 Å². The third-order valence-corrected chi connectivity index (χ3v) is 5.70. The van der Waals surface area contributed by atoms with Crippen molar-refractivity contribution in [3.05, 3.63) is 66.4 Å². The Hall–Kier alpha value is -2.73. The summed E-state index contributed by atoms with van der Waals surface area (Å²) in [5.41, 5.74) is 2.30. The van der Waals surface area contributed by atoms with E-state index >= 15 is 0 Å². The van der Waals surface area contributed by atoms with Crippen LogP contribution in [0.1, 0.15) is 12.8 Å². The van der Waals surface area contributed by atoms with Crippen LogP contribution in [0.2, 0.25) is 0 Å². The van der Waals surface area contributed by atoms with E-state index in [-0.39, 0.29) is 5.56 Å². The van der Waals surface area contributed by atoms with Crippen molar-refractivity contribution in [2.24, 2.45) is 0 Å². The number of piperazine rings is 1. The van der Waals surface area contributed by atoms with Crippen LogP contribution < -0.4 is 4.90 Å². The van der Waals surface area contributed by atoms with Crippen LogP contribution in [0.5, 0.6) is 0 Å². The minimum absolute atomic E-state index is 0.0553. The molecular formula is C22H22F2N4. The topological polar surface area (TPSA) is 24.3 Å². The number of hydrogen-bond acceptors (Lipinski definition) is 3. The van der Waals surface area contributed by atoms with Crippen molar-refractivity contribution < 1.29 is 8.78 Å². The van der Waals surface area contributed by atoms with E-state index in [1.54, 1.807) is 16.9 Å². The van der Waals surface area contributed by atoms with Crippen LogP contribution in [0.15, 0.2) is 54.7 Å². The highest BCUT2D eigenvalue weighted by molar-refractivity contribution is 5.64. The normalized spacial score (nSPS) is 17.9. The average molecular weight is 380 g/mol. The molecule has 2 aliphatic rings. The van der Waals surface area contributed by atoms with Gasteiger partial charge in [-0.15, -0.1) is 0 Å². The standard InChI is InChI=1S/C22H22F2N4/c23-19-2-1-3-20(24)22(19)21-10-11-25-28(21)18-8-6-17(7-9-18)27-14-12-26(13-15-27)16-4-5-16/h1-3,6-11,16H,4-5,12-15H2. The van der Waals surface area contributed by atoms with Crippen LogP contribution >= 0.6 is 0 Å². The van der Waals surface area contributed by atoms with Gasteiger partial charge in [-0.1, -0.05) is 6.07 Å². The highest BCUT2D eigenvalue weighted by Crippen LogP contribution is 2.30. The predicted molar refractivity (Wildman–Crippen MR) is 106 cm³/mol. The Kier molecular flexibility index (Phi) is 4.36. The summed E-state index contributed by atoms with van der Waals surface area (Å²) in [6.45, 7) is 4.29. The minimum Gasteiger partial charge on any atom is -0.369 e. The van der Waals surface area contributed by atoms with Gasteiger partial charge < -0.3 is 4.90 Å². The maximum absolute atomic E-state index is 14.2. The van der Waals surface area contributed by atoms with Crippen molar-refractivity contribution in [1.82, 2.24) is 14.7 Å². The van der Waals surface area contributed by atoms with Crippen molar-refractivity contribution >= 4 is 5.69 Å². The molecule has 4 nitrogen and oxygen atoms in total. The van der Waals surface area contributed by atoms with E-state index in [0.717, 1.165) is 37.9 Å². The fraction of sp³-hybridized carbons (Fsp3) is 0.318. The van der Waals surface area contributed by atoms with Crippen LogP contribution in [-0.4, -0.2) is 46.9 Å². The zero-order valence-corrected chi connectivity index (χ0v) is 15.6. The van der Waals surface area contributed by atoms with Crippen molar-refractivity contribution in [3.63, 3.8) is 0 Å². The number of halogens is 2. The zero-order valence-electron chi connectivity index (χ0n) is 15.6. The lowest BCUT2D eigenvalue weighted by molar-refractivity contribution is 0.248. The summed E-state index contributed by atoms with van der Waals surface area (Å²) in [7, 11) is 0. The Bertz CT molecular complexity index is 950. The Morgan fingerprint density at radius 1 is 0.786 bits per heavy atom. The molecule has 28 heavy (non-hydrogen) atoms. The third-order valence-electron chi connectivity index (χ3n) is 5.70. The van der Waals surface area contributed by atoms with Gasteiger partial charge in [0.2, 0.25) is 0 Å². The largest absolute Gasteiger partial charge is 0.369 e. The number of aromatic nitrogens is 2. The molecule has 0 atom stereocenters. The second kappa shape index (κ2) is 7.02. The fourth-order valence-electron chi connectivity index (χ4n) is 4.03. The van der Waals surface area contributed by atoms with Gasteiger partial charge in [0, 0.05) is 37.9 Å². The summed E-state index contributed by atoms with van der Waals surface area (Å²) in [4.78, 5) is 4.98. The van der Waals surface area contributed by atoms with Gasteiger partial charge in [-0.25, -0.2) is 13.5 Å². The minimum atomic E-state index is -0.591. The van der Waals surface area contributed by atoms with Gasteiger partial charge in [-0.2, -0.15) is 5.10 Å². The molecule has 144 valence electrons. The van der Waals surface area contributed by atoms with Crippen LogP contribution in [0.25, 0.3) is 16.9 Å². The van der Waals surface area contributed by atoms with Crippen LogP contribution in [0, 0.1) is 11.6 Å². The average Bonchev–Trinajstić information content (AvgIpc) is 3.46. The second-order valence-electron chi connectivity index (χ2n) is 7.50. The van der Waals surface area contributed by atoms with Gasteiger partial charge in [0.05, 0.1) is 23.1 Å². The fourth-order valence-corrected chi connectivity index (χ4v) is 4.03. The lowest BCUT2D eigenvalue weighted by atomic mass is 10.1. The third kappa shape index (κ3) is 3.18. The monoisotopic (exact) mass is 380 g/mol. The lowest BCUT2D eigenvalue weighted by Gasteiger charge is -2.36. The Morgan fingerprint density at radius 3 is 2.07 bits per heavy atom. The summed E-state index contributed by atoms with van der Waals surface area (Å²) >= 11 is 0. The van der Waals surface area contributed by atoms with Crippen LogP contribution in [0.3, 0.4) is 0 Å². The van der Waals surface area contributed by atoms with E-state index in [9.17, 15) is 8.78 Å². The predicted octanol–water partition coefficient (Wildman–Crippen LogP) is 4.10. The first kappa shape index (κ1) is 17.4. The number of hydrogen-bond donors (Lipinski definition) is 0. The van der Waals surface area contributed by atoms with Gasteiger partial charge in [0.15, 0.2) is 0 Å². The molecule has 1 aromatic heterocycles. The van der Waals surface area contributed by atoms with E-state index in [1.165, 1.54) is 36.7 Å². The molecule has 0 spiro atoms. The Balaban J connectivity index is 1.38. The van der Waals surface area contributed by atoms with Gasteiger partial charge >= 0.3 is 0 Å². The molecule has 1 saturated heterocycles. The molecule has 5 rings (SSSR count). The van der Waals surface area contributed by atoms with E-state index in [4.69, 9.17) is 0 Å². The van der Waals surface area contributed by atoms with Crippen molar-refractivity contribution in [2.45, 2.75) is 18.9 Å². The summed E-state index contributed by atoms with van der Waals surface area (Å²) in [6, 6.07) is 14.4. The molecule has 1 aliphatic heterocycles. The molecule has 2 heterocycles. The highest BCUT2D eigenvalue weighted by Gasteiger charge is 2.31. The van der Waals surface area contributed by atoms with Crippen molar-refractivity contribution in [3.8, 4) is 16.9 Å². The van der Waals surface area contributed by atoms with Gasteiger partial charge in [0.1, 0.15) is 11.6 Å². The molecule has 0 amide bonds. The Labute approximate surface area is 163 Å². The van der Waals surface area contributed by atoms with Gasteiger partial charge in [0.25, 0.3) is 0 Å². The number of nitrogens with zero attached hydrogens (tertiary/aromatic N) is 4. The summed E-state index contributed by atoms with van der Waals surface area (Å²) in [6.07, 6.45) is 4.26. The molecule has 6 heteroatoms. The maximum atomic E-state index is 14.2. The lowest BCUT2D eigenvalue weighted by Crippen LogP contribution is -2.47. The van der Waals surface area contributed by atoms with E-state index in [1.807, 2.05) is 12.1 Å². The molecule has 1 aliphatic carbocycles. The Morgan fingerprint density at radius 2 is 1.43 bits per heavy atom. The zero-order chi connectivity index (χ0) is 19.1. The highest BCUT2D eigenvalue weighted by atomic mass is 19.1. The summed E-state index contributed by atoms with van der Waals surface area (Å²) in [5.74, 6) is -1.18. The first-order chi connectivity index (χ1) is 13.7. The van der Waals surface area contributed by atoms with Crippen LogP contribution in [0.4, 0.5) is 14.5 Å². The number of anilines is 1. The summed E-state index contributed by atoms with van der Waals surface area (Å²) < 4.78 is 30.0. The quantitative estimate of drug-likeness (QED) is 0.681. The molecule has 0 radical (unpaired) electrons. The second-order valence-corrected chi connectivity index (χ2v) is 7.50. The van der Waals surface area contributed by atoms with E-state index < -0.39 is 11.6 Å². The molecule has 0 N–H and O–H groups in total. The molecule has 3 aromatic rings. The first-order valence-corrected chi connectivity index (χ1v) is 9.78. The molecule has 2 aromatic carbocycles. The first-order valence-electron chi connectivity index (χ1n) is 9.78.